The molecular formula is C19H16ClN3O3S2. The Kier molecular flexibility index (Phi) is 6.45. The summed E-state index contributed by atoms with van der Waals surface area (Å²) >= 11 is 12.6. The maximum absolute atomic E-state index is 12.4. The number of thiocarbonyl (C=S) groups is 1. The van der Waals surface area contributed by atoms with Crippen LogP contribution >= 0.6 is 35.2 Å². The molecule has 0 radical (unpaired) electrons. The molecule has 0 aliphatic carbocycles. The van der Waals surface area contributed by atoms with Crippen molar-refractivity contribution in [2.45, 2.75) is 6.92 Å². The third kappa shape index (κ3) is 4.41. The van der Waals surface area contributed by atoms with Gasteiger partial charge in [0.2, 0.25) is 0 Å². The maximum Gasteiger partial charge on any atom is 0.281 e. The first-order valence-electron chi connectivity index (χ1n) is 8.31. The summed E-state index contributed by atoms with van der Waals surface area (Å²) in [6.07, 6.45) is 0. The quantitative estimate of drug-likeness (QED) is 0.429. The molecule has 0 aliphatic rings. The van der Waals surface area contributed by atoms with Gasteiger partial charge in [-0.25, -0.2) is 0 Å². The fourth-order valence-corrected chi connectivity index (χ4v) is 4.02. The minimum absolute atomic E-state index is 0.0538. The van der Waals surface area contributed by atoms with Crippen molar-refractivity contribution in [2.24, 2.45) is 0 Å². The molecule has 1 aromatic heterocycles. The van der Waals surface area contributed by atoms with Crippen molar-refractivity contribution in [3.8, 4) is 5.75 Å². The number of rotatable bonds is 4. The standard InChI is InChI=1S/C19H16ClN3O3S2/c1-2-26-13-9-5-3-7-11(13)17(24)21-19(27)23-22-18(25)16-15(20)12-8-4-6-10-14(12)28-16/h3-10H,2H2,1H3,(H,22,25)(H2,21,23,24,27). The Labute approximate surface area is 175 Å². The molecule has 1 heterocycles. The van der Waals surface area contributed by atoms with Gasteiger partial charge in [-0.3, -0.25) is 25.8 Å². The third-order valence-corrected chi connectivity index (χ3v) is 5.57. The van der Waals surface area contributed by atoms with Gasteiger partial charge in [0.25, 0.3) is 11.8 Å². The van der Waals surface area contributed by atoms with Gasteiger partial charge in [-0.1, -0.05) is 41.9 Å². The zero-order valence-corrected chi connectivity index (χ0v) is 17.1. The maximum atomic E-state index is 12.4. The van der Waals surface area contributed by atoms with E-state index < -0.39 is 11.8 Å². The number of carbonyl (C=O) groups excluding carboxylic acids is 2. The van der Waals surface area contributed by atoms with Crippen LogP contribution in [0.5, 0.6) is 5.75 Å². The van der Waals surface area contributed by atoms with E-state index in [0.717, 1.165) is 10.1 Å². The van der Waals surface area contributed by atoms with Gasteiger partial charge in [-0.05, 0) is 37.3 Å². The van der Waals surface area contributed by atoms with Crippen molar-refractivity contribution in [1.29, 1.82) is 0 Å². The molecule has 2 aromatic carbocycles. The second-order valence-corrected chi connectivity index (χ2v) is 7.37. The molecule has 3 rings (SSSR count). The Hall–Kier alpha value is -2.68. The molecule has 28 heavy (non-hydrogen) atoms. The van der Waals surface area contributed by atoms with Crippen LogP contribution in [0.4, 0.5) is 0 Å². The van der Waals surface area contributed by atoms with E-state index in [2.05, 4.69) is 16.2 Å². The molecule has 0 bridgehead atoms. The summed E-state index contributed by atoms with van der Waals surface area (Å²) in [5.41, 5.74) is 5.30. The first-order chi connectivity index (χ1) is 13.5. The Balaban J connectivity index is 1.61. The molecule has 0 fully saturated rings. The molecule has 0 atom stereocenters. The topological polar surface area (TPSA) is 79.5 Å². The fourth-order valence-electron chi connectivity index (χ4n) is 2.47. The van der Waals surface area contributed by atoms with Crippen LogP contribution in [0.1, 0.15) is 27.0 Å². The molecule has 2 amide bonds. The molecule has 3 aromatic rings. The van der Waals surface area contributed by atoms with E-state index in [1.807, 2.05) is 31.2 Å². The second kappa shape index (κ2) is 9.01. The van der Waals surface area contributed by atoms with Crippen molar-refractivity contribution in [3.05, 3.63) is 64.0 Å². The molecular weight excluding hydrogens is 418 g/mol. The monoisotopic (exact) mass is 433 g/mol. The Morgan fingerprint density at radius 3 is 2.54 bits per heavy atom. The fraction of sp³-hybridized carbons (Fsp3) is 0.105. The molecule has 144 valence electrons. The number of nitrogens with one attached hydrogen (secondary N) is 3. The van der Waals surface area contributed by atoms with Crippen molar-refractivity contribution < 1.29 is 14.3 Å². The van der Waals surface area contributed by atoms with Crippen LogP contribution in [-0.4, -0.2) is 23.5 Å². The van der Waals surface area contributed by atoms with Gasteiger partial charge in [-0.2, -0.15) is 0 Å². The molecule has 9 heteroatoms. The highest BCUT2D eigenvalue weighted by Crippen LogP contribution is 2.34. The lowest BCUT2D eigenvalue weighted by Crippen LogP contribution is -2.48. The highest BCUT2D eigenvalue weighted by molar-refractivity contribution is 7.80. The number of para-hydroxylation sites is 1. The average molecular weight is 434 g/mol. The van der Waals surface area contributed by atoms with Crippen LogP contribution < -0.4 is 20.9 Å². The van der Waals surface area contributed by atoms with E-state index in [9.17, 15) is 9.59 Å². The molecule has 6 nitrogen and oxygen atoms in total. The first kappa shape index (κ1) is 20.1. The minimum atomic E-state index is -0.448. The highest BCUT2D eigenvalue weighted by atomic mass is 35.5. The van der Waals surface area contributed by atoms with Gasteiger partial charge in [0.05, 0.1) is 17.2 Å². The van der Waals surface area contributed by atoms with Gasteiger partial charge in [-0.15, -0.1) is 11.3 Å². The van der Waals surface area contributed by atoms with Crippen LogP contribution in [0.15, 0.2) is 48.5 Å². The van der Waals surface area contributed by atoms with Crippen LogP contribution in [0.2, 0.25) is 5.02 Å². The molecule has 0 saturated carbocycles. The number of ether oxygens (including phenoxy) is 1. The van der Waals surface area contributed by atoms with Gasteiger partial charge in [0.1, 0.15) is 10.6 Å². The normalized spacial score (nSPS) is 10.4. The number of thiophene rings is 1. The second-order valence-electron chi connectivity index (χ2n) is 5.53. The SMILES string of the molecule is CCOc1ccccc1C(=O)NC(=S)NNC(=O)c1sc2ccccc2c1Cl. The van der Waals surface area contributed by atoms with E-state index in [0.29, 0.717) is 27.8 Å². The van der Waals surface area contributed by atoms with Crippen molar-refractivity contribution >= 4 is 62.2 Å². The lowest BCUT2D eigenvalue weighted by Gasteiger charge is -2.12. The lowest BCUT2D eigenvalue weighted by molar-refractivity contribution is 0.0937. The molecule has 0 unspecified atom stereocenters. The summed E-state index contributed by atoms with van der Waals surface area (Å²) in [7, 11) is 0. The van der Waals surface area contributed by atoms with E-state index in [4.69, 9.17) is 28.6 Å². The number of halogens is 1. The van der Waals surface area contributed by atoms with Crippen molar-refractivity contribution in [2.75, 3.05) is 6.61 Å². The number of hydrazine groups is 1. The summed E-state index contributed by atoms with van der Waals surface area (Å²) in [4.78, 5) is 25.1. The third-order valence-electron chi connectivity index (χ3n) is 3.69. The lowest BCUT2D eigenvalue weighted by atomic mass is 10.2. The molecule has 0 spiro atoms. The number of benzene rings is 2. The highest BCUT2D eigenvalue weighted by Gasteiger charge is 2.18. The first-order valence-corrected chi connectivity index (χ1v) is 9.92. The number of hydrogen-bond acceptors (Lipinski definition) is 5. The van der Waals surface area contributed by atoms with Crippen LogP contribution in [0.3, 0.4) is 0 Å². The predicted octanol–water partition coefficient (Wildman–Crippen LogP) is 3.90. The number of carbonyl (C=O) groups is 2. The van der Waals surface area contributed by atoms with Crippen LogP contribution in [-0.2, 0) is 0 Å². The van der Waals surface area contributed by atoms with E-state index in [-0.39, 0.29) is 5.11 Å². The Morgan fingerprint density at radius 2 is 1.79 bits per heavy atom. The van der Waals surface area contributed by atoms with Gasteiger partial charge < -0.3 is 4.74 Å². The number of amides is 2. The summed E-state index contributed by atoms with van der Waals surface area (Å²) in [6.45, 7) is 2.26. The summed E-state index contributed by atoms with van der Waals surface area (Å²) < 4.78 is 6.33. The smallest absolute Gasteiger partial charge is 0.281 e. The molecule has 0 aliphatic heterocycles. The van der Waals surface area contributed by atoms with Gasteiger partial charge in [0, 0.05) is 10.1 Å². The minimum Gasteiger partial charge on any atom is -0.493 e. The van der Waals surface area contributed by atoms with Crippen LogP contribution in [0, 0.1) is 0 Å². The van der Waals surface area contributed by atoms with Gasteiger partial charge >= 0.3 is 0 Å². The Morgan fingerprint density at radius 1 is 1.07 bits per heavy atom. The van der Waals surface area contributed by atoms with E-state index in [1.54, 1.807) is 24.3 Å². The van der Waals surface area contributed by atoms with Gasteiger partial charge in [0.15, 0.2) is 5.11 Å². The zero-order chi connectivity index (χ0) is 20.1. The van der Waals surface area contributed by atoms with E-state index >= 15 is 0 Å². The van der Waals surface area contributed by atoms with Crippen molar-refractivity contribution in [1.82, 2.24) is 16.2 Å². The zero-order valence-electron chi connectivity index (χ0n) is 14.7. The van der Waals surface area contributed by atoms with E-state index in [1.165, 1.54) is 11.3 Å². The largest absolute Gasteiger partial charge is 0.493 e. The summed E-state index contributed by atoms with van der Waals surface area (Å²) in [5, 5.41) is 3.63. The summed E-state index contributed by atoms with van der Waals surface area (Å²) in [5.74, 6) is -0.445. The molecule has 3 N–H and O–H groups in total. The average Bonchev–Trinajstić information content (AvgIpc) is 3.04. The van der Waals surface area contributed by atoms with Crippen LogP contribution in [0.25, 0.3) is 10.1 Å². The van der Waals surface area contributed by atoms with Crippen molar-refractivity contribution in [3.63, 3.8) is 0 Å². The number of hydrogen-bond donors (Lipinski definition) is 3. The predicted molar refractivity (Wildman–Crippen MR) is 115 cm³/mol. The molecule has 0 saturated heterocycles. The number of fused-ring (bicyclic) bond motifs is 1. The summed E-state index contributed by atoms with van der Waals surface area (Å²) in [6, 6.07) is 14.3. The Bertz CT molecular complexity index is 1050.